The van der Waals surface area contributed by atoms with Crippen LogP contribution in [0.15, 0.2) is 24.3 Å². The van der Waals surface area contributed by atoms with Gasteiger partial charge in [-0.25, -0.2) is 0 Å². The fourth-order valence-electron chi connectivity index (χ4n) is 4.67. The van der Waals surface area contributed by atoms with Gasteiger partial charge in [0, 0.05) is 29.8 Å². The highest BCUT2D eigenvalue weighted by molar-refractivity contribution is 6.02. The number of methoxy groups -OCH3 is 1. The van der Waals surface area contributed by atoms with Crippen molar-refractivity contribution in [2.45, 2.75) is 71.8 Å². The summed E-state index contributed by atoms with van der Waals surface area (Å²) in [5.41, 5.74) is 0.962. The zero-order chi connectivity index (χ0) is 30.1. The molecule has 1 aromatic heterocycles. The van der Waals surface area contributed by atoms with Crippen molar-refractivity contribution >= 4 is 40.4 Å². The molecule has 1 aliphatic heterocycles. The molecular weight excluding hydrogens is 532 g/mol. The molecule has 3 rings (SSSR count). The van der Waals surface area contributed by atoms with Crippen molar-refractivity contribution in [3.63, 3.8) is 0 Å². The van der Waals surface area contributed by atoms with Gasteiger partial charge in [0.1, 0.15) is 24.1 Å². The van der Waals surface area contributed by atoms with Crippen LogP contribution < -0.4 is 20.7 Å². The van der Waals surface area contributed by atoms with Crippen molar-refractivity contribution in [3.05, 3.63) is 30.0 Å². The van der Waals surface area contributed by atoms with E-state index in [1.54, 1.807) is 32.2 Å². The number of benzene rings is 1. The van der Waals surface area contributed by atoms with Crippen LogP contribution in [0.5, 0.6) is 5.75 Å². The molecule has 12 nitrogen and oxygen atoms in total. The third-order valence-corrected chi connectivity index (χ3v) is 6.85. The third kappa shape index (κ3) is 8.78. The van der Waals surface area contributed by atoms with Gasteiger partial charge in [-0.3, -0.25) is 24.0 Å². The number of amides is 3. The molecule has 0 aliphatic carbocycles. The number of Topliss-reactive ketones (excluding diaryl/α,β-unsaturated/α-hetero) is 1. The number of carbonyl (C=O) groups is 5. The lowest BCUT2D eigenvalue weighted by Crippen LogP contribution is -2.53. The molecule has 1 fully saturated rings. The van der Waals surface area contributed by atoms with Crippen molar-refractivity contribution in [2.24, 2.45) is 11.8 Å². The number of rotatable bonds is 15. The number of hydrogen-bond acceptors (Lipinski definition) is 8. The highest BCUT2D eigenvalue weighted by Gasteiger charge is 2.33. The van der Waals surface area contributed by atoms with Gasteiger partial charge >= 0.3 is 5.97 Å². The van der Waals surface area contributed by atoms with Gasteiger partial charge in [0.2, 0.25) is 18.1 Å². The Hall–Kier alpha value is -3.93. The first kappa shape index (κ1) is 31.6. The average molecular weight is 573 g/mol. The number of esters is 1. The number of aromatic nitrogens is 1. The maximum absolute atomic E-state index is 13.5. The lowest BCUT2D eigenvalue weighted by molar-refractivity contribution is -0.176. The fraction of sp³-hybridized carbons (Fsp3) is 0.552. The normalized spacial score (nSPS) is 17.0. The van der Waals surface area contributed by atoms with Gasteiger partial charge in [-0.15, -0.1) is 0 Å². The minimum atomic E-state index is -1.05. The van der Waals surface area contributed by atoms with Crippen molar-refractivity contribution in [3.8, 4) is 5.75 Å². The molecule has 224 valence electrons. The summed E-state index contributed by atoms with van der Waals surface area (Å²) in [6, 6.07) is 5.06. The Morgan fingerprint density at radius 2 is 1.85 bits per heavy atom. The summed E-state index contributed by atoms with van der Waals surface area (Å²) in [5.74, 6) is -2.00. The van der Waals surface area contributed by atoms with Gasteiger partial charge in [-0.2, -0.15) is 0 Å². The maximum atomic E-state index is 13.5. The second-order valence-corrected chi connectivity index (χ2v) is 10.5. The van der Waals surface area contributed by atoms with E-state index in [1.165, 1.54) is 6.92 Å². The lowest BCUT2D eigenvalue weighted by Gasteiger charge is -2.25. The van der Waals surface area contributed by atoms with Gasteiger partial charge in [-0.05, 0) is 50.3 Å². The van der Waals surface area contributed by atoms with Gasteiger partial charge in [0.25, 0.3) is 5.91 Å². The average Bonchev–Trinajstić information content (AvgIpc) is 3.56. The summed E-state index contributed by atoms with van der Waals surface area (Å²) in [6.07, 6.45) is 0.117. The summed E-state index contributed by atoms with van der Waals surface area (Å²) in [5, 5.41) is 8.99. The van der Waals surface area contributed by atoms with Crippen LogP contribution in [0.2, 0.25) is 0 Å². The minimum absolute atomic E-state index is 0.0426. The number of hydrogen-bond donors (Lipinski definition) is 4. The van der Waals surface area contributed by atoms with E-state index in [1.807, 2.05) is 19.9 Å². The molecule has 0 saturated carbocycles. The molecule has 1 saturated heterocycles. The molecule has 1 aromatic carbocycles. The number of ketones is 1. The van der Waals surface area contributed by atoms with Crippen molar-refractivity contribution in [1.29, 1.82) is 0 Å². The highest BCUT2D eigenvalue weighted by Crippen LogP contribution is 2.26. The molecule has 2 aromatic rings. The monoisotopic (exact) mass is 572 g/mol. The first-order valence-electron chi connectivity index (χ1n) is 13.9. The summed E-state index contributed by atoms with van der Waals surface area (Å²) in [4.78, 5) is 66.7. The smallest absolute Gasteiger partial charge is 0.307 e. The molecule has 1 aliphatic rings. The van der Waals surface area contributed by atoms with E-state index in [9.17, 15) is 24.0 Å². The van der Waals surface area contributed by atoms with E-state index in [0.717, 1.165) is 5.39 Å². The standard InChI is InChI=1S/C29H40N4O8/c1-6-26(35)41-17(4)40-15-24(34)21(13-18-10-11-30-27(18)36)32-28(37)22(12-16(2)3)33-29(38)23-14-19-20(31-23)8-7-9-25(19)39-5/h7-9,14,16-18,21-22,31H,6,10-13,15H2,1-5H3,(H,30,36)(H,32,37)(H,33,38)/t17-,18-,21-,22-/m0/s1. The first-order chi connectivity index (χ1) is 19.5. The van der Waals surface area contributed by atoms with Crippen LogP contribution in [0, 0.1) is 11.8 Å². The van der Waals surface area contributed by atoms with Crippen LogP contribution in [-0.4, -0.2) is 73.1 Å². The van der Waals surface area contributed by atoms with Crippen LogP contribution in [-0.2, 0) is 28.7 Å². The number of aromatic amines is 1. The summed E-state index contributed by atoms with van der Waals surface area (Å²) >= 11 is 0. The van der Waals surface area contributed by atoms with Gasteiger partial charge < -0.3 is 35.1 Å². The zero-order valence-electron chi connectivity index (χ0n) is 24.2. The predicted octanol–water partition coefficient (Wildman–Crippen LogP) is 2.22. The van der Waals surface area contributed by atoms with E-state index < -0.39 is 54.5 Å². The molecule has 4 N–H and O–H groups in total. The summed E-state index contributed by atoms with van der Waals surface area (Å²) in [6.45, 7) is 7.01. The Labute approximate surface area is 239 Å². The quantitative estimate of drug-likeness (QED) is 0.186. The molecule has 0 unspecified atom stereocenters. The molecule has 3 amide bonds. The summed E-state index contributed by atoms with van der Waals surface area (Å²) in [7, 11) is 1.54. The van der Waals surface area contributed by atoms with E-state index >= 15 is 0 Å². The second kappa shape index (κ2) is 14.6. The molecule has 4 atom stereocenters. The van der Waals surface area contributed by atoms with Crippen molar-refractivity contribution < 1.29 is 38.2 Å². The number of ether oxygens (including phenoxy) is 3. The lowest BCUT2D eigenvalue weighted by atomic mass is 9.95. The molecule has 2 heterocycles. The Balaban J connectivity index is 1.74. The number of carbonyl (C=O) groups excluding carboxylic acids is 5. The van der Waals surface area contributed by atoms with E-state index in [2.05, 4.69) is 20.9 Å². The van der Waals surface area contributed by atoms with Crippen LogP contribution in [0.3, 0.4) is 0 Å². The molecule has 0 radical (unpaired) electrons. The minimum Gasteiger partial charge on any atom is -0.496 e. The Morgan fingerprint density at radius 3 is 2.49 bits per heavy atom. The van der Waals surface area contributed by atoms with Gasteiger partial charge in [-0.1, -0.05) is 26.8 Å². The van der Waals surface area contributed by atoms with Crippen LogP contribution in [0.25, 0.3) is 10.9 Å². The van der Waals surface area contributed by atoms with Crippen LogP contribution in [0.1, 0.15) is 63.9 Å². The largest absolute Gasteiger partial charge is 0.496 e. The molecule has 0 spiro atoms. The Bertz CT molecular complexity index is 1260. The topological polar surface area (TPSA) is 165 Å². The number of fused-ring (bicyclic) bond motifs is 1. The number of H-pyrrole nitrogens is 1. The SMILES string of the molecule is CCC(=O)O[C@@H](C)OCC(=O)[C@H](C[C@@H]1CCNC1=O)NC(=O)[C@H](CC(C)C)NC(=O)c1cc2c(OC)cccc2[nH]1. The van der Waals surface area contributed by atoms with Crippen molar-refractivity contribution in [1.82, 2.24) is 20.9 Å². The van der Waals surface area contributed by atoms with Crippen molar-refractivity contribution in [2.75, 3.05) is 20.3 Å². The van der Waals surface area contributed by atoms with Gasteiger partial charge in [0.15, 0.2) is 5.78 Å². The molecular formula is C29H40N4O8. The zero-order valence-corrected chi connectivity index (χ0v) is 24.2. The van der Waals surface area contributed by atoms with Crippen LogP contribution >= 0.6 is 0 Å². The first-order valence-corrected chi connectivity index (χ1v) is 13.9. The number of nitrogens with one attached hydrogen (secondary N) is 4. The third-order valence-electron chi connectivity index (χ3n) is 6.85. The van der Waals surface area contributed by atoms with Crippen LogP contribution in [0.4, 0.5) is 0 Å². The van der Waals surface area contributed by atoms with E-state index in [-0.39, 0.29) is 30.4 Å². The maximum Gasteiger partial charge on any atom is 0.307 e. The Morgan fingerprint density at radius 1 is 1.10 bits per heavy atom. The van der Waals surface area contributed by atoms with Gasteiger partial charge in [0.05, 0.1) is 13.2 Å². The predicted molar refractivity (Wildman–Crippen MR) is 150 cm³/mol. The Kier molecular flexibility index (Phi) is 11.3. The van der Waals surface area contributed by atoms with E-state index in [0.29, 0.717) is 30.7 Å². The fourth-order valence-corrected chi connectivity index (χ4v) is 4.67. The second-order valence-electron chi connectivity index (χ2n) is 10.5. The summed E-state index contributed by atoms with van der Waals surface area (Å²) < 4.78 is 15.8. The van der Waals surface area contributed by atoms with E-state index in [4.69, 9.17) is 14.2 Å². The molecule has 0 bridgehead atoms. The molecule has 12 heteroatoms. The molecule has 41 heavy (non-hydrogen) atoms. The highest BCUT2D eigenvalue weighted by atomic mass is 16.7.